The van der Waals surface area contributed by atoms with Crippen LogP contribution in [-0.2, 0) is 6.61 Å². The van der Waals surface area contributed by atoms with Crippen molar-refractivity contribution in [3.05, 3.63) is 65.7 Å². The van der Waals surface area contributed by atoms with E-state index in [0.29, 0.717) is 30.9 Å². The smallest absolute Gasteiger partial charge is 0.407 e. The quantitative estimate of drug-likeness (QED) is 0.853. The molecule has 0 radical (unpaired) electrons. The Balaban J connectivity index is 1.63. The van der Waals surface area contributed by atoms with Crippen LogP contribution in [0.1, 0.15) is 28.8 Å². The number of amides is 1. The summed E-state index contributed by atoms with van der Waals surface area (Å²) in [5.74, 6) is 0.529. The molecule has 24 heavy (non-hydrogen) atoms. The largest absolute Gasteiger partial charge is 0.489 e. The Morgan fingerprint density at radius 2 is 1.79 bits per heavy atom. The Hall–Kier alpha value is -2.82. The van der Waals surface area contributed by atoms with Crippen molar-refractivity contribution < 1.29 is 19.4 Å². The van der Waals surface area contributed by atoms with E-state index in [1.807, 2.05) is 30.3 Å². The molecule has 0 saturated carbocycles. The fourth-order valence-electron chi connectivity index (χ4n) is 2.92. The number of nitrogens with zero attached hydrogens (tertiary/aromatic N) is 1. The van der Waals surface area contributed by atoms with Crippen LogP contribution < -0.4 is 4.74 Å². The lowest BCUT2D eigenvalue weighted by Gasteiger charge is -2.20. The lowest BCUT2D eigenvalue weighted by atomic mass is 10.0. The first kappa shape index (κ1) is 16.1. The number of Topliss-reactive ketones (excluding diaryl/α,β-unsaturated/α-hetero) is 1. The van der Waals surface area contributed by atoms with Gasteiger partial charge in [0.2, 0.25) is 0 Å². The highest BCUT2D eigenvalue weighted by atomic mass is 16.5. The molecule has 1 unspecified atom stereocenters. The second-order valence-electron chi connectivity index (χ2n) is 5.80. The van der Waals surface area contributed by atoms with Crippen molar-refractivity contribution in [2.24, 2.45) is 0 Å². The normalized spacial score (nSPS) is 16.8. The van der Waals surface area contributed by atoms with Gasteiger partial charge in [0.1, 0.15) is 12.4 Å². The number of hydrogen-bond acceptors (Lipinski definition) is 3. The van der Waals surface area contributed by atoms with Crippen LogP contribution >= 0.6 is 0 Å². The summed E-state index contributed by atoms with van der Waals surface area (Å²) in [5.41, 5.74) is 1.58. The van der Waals surface area contributed by atoms with Crippen molar-refractivity contribution in [2.45, 2.75) is 25.5 Å². The van der Waals surface area contributed by atoms with E-state index in [0.717, 1.165) is 12.0 Å². The van der Waals surface area contributed by atoms with E-state index in [4.69, 9.17) is 9.84 Å². The van der Waals surface area contributed by atoms with Crippen LogP contribution in [0.2, 0.25) is 0 Å². The molecule has 1 atom stereocenters. The molecule has 0 spiro atoms. The van der Waals surface area contributed by atoms with Gasteiger partial charge in [0.15, 0.2) is 5.78 Å². The SMILES string of the molecule is O=C(c1ccc(OCc2ccccc2)cc1)C1CCCN1C(=O)O. The molecule has 1 aliphatic rings. The number of ether oxygens (including phenoxy) is 1. The summed E-state index contributed by atoms with van der Waals surface area (Å²) in [7, 11) is 0. The maximum absolute atomic E-state index is 12.5. The summed E-state index contributed by atoms with van der Waals surface area (Å²) in [6, 6.07) is 16.1. The number of ketones is 1. The minimum atomic E-state index is -1.03. The topological polar surface area (TPSA) is 66.8 Å². The van der Waals surface area contributed by atoms with Crippen LogP contribution in [0.3, 0.4) is 0 Å². The average Bonchev–Trinajstić information content (AvgIpc) is 3.11. The van der Waals surface area contributed by atoms with E-state index in [-0.39, 0.29) is 5.78 Å². The zero-order valence-corrected chi connectivity index (χ0v) is 13.2. The van der Waals surface area contributed by atoms with E-state index in [1.54, 1.807) is 24.3 Å². The number of rotatable bonds is 5. The number of hydrogen-bond donors (Lipinski definition) is 1. The fourth-order valence-corrected chi connectivity index (χ4v) is 2.92. The molecule has 1 fully saturated rings. The van der Waals surface area contributed by atoms with Crippen LogP contribution in [0, 0.1) is 0 Å². The first-order valence-corrected chi connectivity index (χ1v) is 7.96. The summed E-state index contributed by atoms with van der Waals surface area (Å²) in [5, 5.41) is 9.16. The highest BCUT2D eigenvalue weighted by molar-refractivity contribution is 6.01. The van der Waals surface area contributed by atoms with Gasteiger partial charge in [0, 0.05) is 12.1 Å². The molecule has 5 heteroatoms. The van der Waals surface area contributed by atoms with Gasteiger partial charge in [0.25, 0.3) is 0 Å². The van der Waals surface area contributed by atoms with E-state index in [1.165, 1.54) is 4.90 Å². The molecule has 1 saturated heterocycles. The van der Waals surface area contributed by atoms with Gasteiger partial charge in [-0.1, -0.05) is 30.3 Å². The third kappa shape index (κ3) is 3.56. The molecule has 0 aromatic heterocycles. The van der Waals surface area contributed by atoms with Gasteiger partial charge in [-0.3, -0.25) is 9.69 Å². The Bertz CT molecular complexity index is 712. The molecule has 124 valence electrons. The minimum Gasteiger partial charge on any atom is -0.489 e. The van der Waals surface area contributed by atoms with Crippen LogP contribution in [-0.4, -0.2) is 34.5 Å². The molecule has 1 N–H and O–H groups in total. The van der Waals surface area contributed by atoms with Gasteiger partial charge in [-0.15, -0.1) is 0 Å². The Morgan fingerprint density at radius 3 is 2.46 bits per heavy atom. The van der Waals surface area contributed by atoms with E-state index in [2.05, 4.69) is 0 Å². The monoisotopic (exact) mass is 325 g/mol. The zero-order chi connectivity index (χ0) is 16.9. The first-order chi connectivity index (χ1) is 11.6. The molecule has 1 aliphatic heterocycles. The average molecular weight is 325 g/mol. The van der Waals surface area contributed by atoms with Crippen LogP contribution in [0.15, 0.2) is 54.6 Å². The lowest BCUT2D eigenvalue weighted by molar-refractivity contribution is 0.0845. The summed E-state index contributed by atoms with van der Waals surface area (Å²) in [6.07, 6.45) is 0.270. The Labute approximate surface area is 140 Å². The Kier molecular flexibility index (Phi) is 4.79. The highest BCUT2D eigenvalue weighted by Gasteiger charge is 2.34. The summed E-state index contributed by atoms with van der Waals surface area (Å²) >= 11 is 0. The van der Waals surface area contributed by atoms with Crippen LogP contribution in [0.4, 0.5) is 4.79 Å². The van der Waals surface area contributed by atoms with Gasteiger partial charge in [0.05, 0.1) is 6.04 Å². The molecular formula is C19H19NO4. The molecular weight excluding hydrogens is 306 g/mol. The third-order valence-corrected chi connectivity index (χ3v) is 4.19. The summed E-state index contributed by atoms with van der Waals surface area (Å²) < 4.78 is 5.70. The van der Waals surface area contributed by atoms with Crippen molar-refractivity contribution in [1.82, 2.24) is 4.90 Å². The molecule has 0 aliphatic carbocycles. The first-order valence-electron chi connectivity index (χ1n) is 7.96. The molecule has 3 rings (SSSR count). The highest BCUT2D eigenvalue weighted by Crippen LogP contribution is 2.23. The van der Waals surface area contributed by atoms with Gasteiger partial charge in [-0.05, 0) is 42.7 Å². The standard InChI is InChI=1S/C19H19NO4/c21-18(17-7-4-12-20(17)19(22)23)15-8-10-16(11-9-15)24-13-14-5-2-1-3-6-14/h1-3,5-6,8-11,17H,4,7,12-13H2,(H,22,23). The molecule has 0 bridgehead atoms. The third-order valence-electron chi connectivity index (χ3n) is 4.19. The van der Waals surface area contributed by atoms with Gasteiger partial charge in [-0.2, -0.15) is 0 Å². The van der Waals surface area contributed by atoms with Gasteiger partial charge >= 0.3 is 6.09 Å². The fraction of sp³-hybridized carbons (Fsp3) is 0.263. The number of carbonyl (C=O) groups excluding carboxylic acids is 1. The number of carboxylic acid groups (broad SMARTS) is 1. The van der Waals surface area contributed by atoms with Crippen LogP contribution in [0.5, 0.6) is 5.75 Å². The van der Waals surface area contributed by atoms with Crippen molar-refractivity contribution in [2.75, 3.05) is 6.54 Å². The second-order valence-corrected chi connectivity index (χ2v) is 5.80. The van der Waals surface area contributed by atoms with Gasteiger partial charge < -0.3 is 9.84 Å². The maximum Gasteiger partial charge on any atom is 0.407 e. The lowest BCUT2D eigenvalue weighted by Crippen LogP contribution is -2.39. The molecule has 1 amide bonds. The van der Waals surface area contributed by atoms with E-state index < -0.39 is 12.1 Å². The van der Waals surface area contributed by atoms with Gasteiger partial charge in [-0.25, -0.2) is 4.79 Å². The molecule has 2 aromatic rings. The Morgan fingerprint density at radius 1 is 1.08 bits per heavy atom. The van der Waals surface area contributed by atoms with Crippen molar-refractivity contribution >= 4 is 11.9 Å². The molecule has 2 aromatic carbocycles. The van der Waals surface area contributed by atoms with Crippen LogP contribution in [0.25, 0.3) is 0 Å². The van der Waals surface area contributed by atoms with Crippen molar-refractivity contribution in [3.63, 3.8) is 0 Å². The molecule has 1 heterocycles. The predicted octanol–water partition coefficient (Wildman–Crippen LogP) is 3.59. The van der Waals surface area contributed by atoms with Crippen molar-refractivity contribution in [3.8, 4) is 5.75 Å². The number of likely N-dealkylation sites (tertiary alicyclic amines) is 1. The summed E-state index contributed by atoms with van der Waals surface area (Å²) in [6.45, 7) is 0.883. The van der Waals surface area contributed by atoms with Crippen molar-refractivity contribution in [1.29, 1.82) is 0 Å². The number of benzene rings is 2. The zero-order valence-electron chi connectivity index (χ0n) is 13.2. The van der Waals surface area contributed by atoms with E-state index >= 15 is 0 Å². The molecule has 5 nitrogen and oxygen atoms in total. The predicted molar refractivity (Wildman–Crippen MR) is 89.3 cm³/mol. The summed E-state index contributed by atoms with van der Waals surface area (Å²) in [4.78, 5) is 24.9. The van der Waals surface area contributed by atoms with E-state index in [9.17, 15) is 9.59 Å². The second kappa shape index (κ2) is 7.17. The number of carbonyl (C=O) groups is 2. The minimum absolute atomic E-state index is 0.149. The maximum atomic E-state index is 12.5.